The van der Waals surface area contributed by atoms with Crippen molar-refractivity contribution in [2.45, 2.75) is 12.0 Å². The summed E-state index contributed by atoms with van der Waals surface area (Å²) in [6, 6.07) is 12.5. The number of aldehydes is 1. The van der Waals surface area contributed by atoms with Gasteiger partial charge in [0.15, 0.2) is 0 Å². The molecule has 1 aliphatic carbocycles. The minimum absolute atomic E-state index is 0.0428. The van der Waals surface area contributed by atoms with E-state index in [9.17, 15) is 20.0 Å². The predicted molar refractivity (Wildman–Crippen MR) is 128 cm³/mol. The van der Waals surface area contributed by atoms with Gasteiger partial charge in [-0.05, 0) is 60.5 Å². The molecule has 32 heavy (non-hydrogen) atoms. The average Bonchev–Trinajstić information content (AvgIpc) is 3.02. The van der Waals surface area contributed by atoms with Crippen LogP contribution in [0.25, 0.3) is 0 Å². The molecule has 0 spiro atoms. The lowest BCUT2D eigenvalue weighted by molar-refractivity contribution is -0.419. The number of benzene rings is 2. The maximum absolute atomic E-state index is 12.0. The van der Waals surface area contributed by atoms with Crippen LogP contribution in [0.4, 0.5) is 0 Å². The molecule has 0 heterocycles. The van der Waals surface area contributed by atoms with Gasteiger partial charge in [-0.3, -0.25) is 19.8 Å². The Morgan fingerprint density at radius 2 is 1.94 bits per heavy atom. The van der Waals surface area contributed by atoms with Crippen molar-refractivity contribution in [1.29, 1.82) is 0 Å². The molecule has 1 aliphatic rings. The molecule has 6 nitrogen and oxygen atoms in total. The minimum Gasteiger partial charge on any atom is -0.394 e. The number of carbonyl (C=O) groups excluding carboxylic acids is 1. The molecule has 3 rings (SSSR count). The molecule has 1 unspecified atom stereocenters. The molecule has 0 aromatic heterocycles. The minimum atomic E-state index is -1.05. The van der Waals surface area contributed by atoms with Crippen LogP contribution in [0.2, 0.25) is 5.02 Å². The fraction of sp³-hybridized carbons (Fsp3) is 0.208. The van der Waals surface area contributed by atoms with Gasteiger partial charge < -0.3 is 5.11 Å². The number of likely N-dealkylation sites (N-methyl/N-ethyl adjacent to an activating group) is 1. The summed E-state index contributed by atoms with van der Waals surface area (Å²) in [5.41, 5.74) is 1.70. The molecule has 0 amide bonds. The van der Waals surface area contributed by atoms with Gasteiger partial charge in [0.05, 0.1) is 17.1 Å². The van der Waals surface area contributed by atoms with E-state index in [0.29, 0.717) is 29.1 Å². The number of halogens is 2. The zero-order valence-corrected chi connectivity index (χ0v) is 19.7. The first-order valence-corrected chi connectivity index (χ1v) is 11.0. The van der Waals surface area contributed by atoms with E-state index >= 15 is 0 Å². The molecule has 0 saturated heterocycles. The van der Waals surface area contributed by atoms with E-state index in [2.05, 4.69) is 15.9 Å². The molecule has 166 valence electrons. The molecule has 1 N–H and O–H groups in total. The number of nitrogens with zero attached hydrogens (tertiary/aromatic N) is 2. The SMILES string of the molecule is CN(CC1=CCC=C([N+](=O)[O-])C=C1)C(CO)(c1ccc(Cl)cc1)c1ccc(Br)cc1C=O. The van der Waals surface area contributed by atoms with Crippen molar-refractivity contribution < 1.29 is 14.8 Å². The van der Waals surface area contributed by atoms with Crippen LogP contribution in [-0.4, -0.2) is 41.4 Å². The van der Waals surface area contributed by atoms with Crippen LogP contribution >= 0.6 is 27.5 Å². The topological polar surface area (TPSA) is 83.7 Å². The second-order valence-corrected chi connectivity index (χ2v) is 8.82. The van der Waals surface area contributed by atoms with Crippen LogP contribution in [-0.2, 0) is 5.54 Å². The molecule has 0 aliphatic heterocycles. The Morgan fingerprint density at radius 3 is 2.56 bits per heavy atom. The summed E-state index contributed by atoms with van der Waals surface area (Å²) in [4.78, 5) is 24.6. The van der Waals surface area contributed by atoms with Gasteiger partial charge in [-0.15, -0.1) is 0 Å². The van der Waals surface area contributed by atoms with E-state index < -0.39 is 10.5 Å². The number of hydrogen-bond acceptors (Lipinski definition) is 5. The zero-order valence-electron chi connectivity index (χ0n) is 17.4. The summed E-state index contributed by atoms with van der Waals surface area (Å²) in [6.07, 6.45) is 7.86. The third-order valence-corrected chi connectivity index (χ3v) is 6.34. The second-order valence-electron chi connectivity index (χ2n) is 7.46. The number of carbonyl (C=O) groups is 1. The Bertz CT molecular complexity index is 1110. The molecule has 1 atom stereocenters. The molecule has 2 aromatic carbocycles. The lowest BCUT2D eigenvalue weighted by atomic mass is 9.79. The largest absolute Gasteiger partial charge is 0.394 e. The standard InChI is InChI=1S/C24H22BrClN2O4/c1-27(14-17-3-2-4-22(11-5-17)28(31)32)24(16-30,19-6-9-21(26)10-7-19)23-12-8-20(25)13-18(23)15-29/h3-13,15,30H,2,14,16H2,1H3. The van der Waals surface area contributed by atoms with E-state index in [4.69, 9.17) is 11.6 Å². The number of rotatable bonds is 8. The van der Waals surface area contributed by atoms with E-state index in [0.717, 1.165) is 21.9 Å². The smallest absolute Gasteiger partial charge is 0.265 e. The zero-order chi connectivity index (χ0) is 23.3. The number of hydrogen-bond donors (Lipinski definition) is 1. The van der Waals surface area contributed by atoms with Crippen molar-refractivity contribution in [2.24, 2.45) is 0 Å². The summed E-state index contributed by atoms with van der Waals surface area (Å²) < 4.78 is 0.752. The Morgan fingerprint density at radius 1 is 1.22 bits per heavy atom. The lowest BCUT2D eigenvalue weighted by Crippen LogP contribution is -2.49. The first-order valence-electron chi connectivity index (χ1n) is 9.87. The third kappa shape index (κ3) is 4.91. The molecule has 0 saturated carbocycles. The average molecular weight is 518 g/mol. The summed E-state index contributed by atoms with van der Waals surface area (Å²) in [5.74, 6) is 0. The maximum atomic E-state index is 12.0. The van der Waals surface area contributed by atoms with Crippen LogP contribution in [0.1, 0.15) is 27.9 Å². The van der Waals surface area contributed by atoms with Crippen LogP contribution < -0.4 is 0 Å². The van der Waals surface area contributed by atoms with Gasteiger partial charge in [0, 0.05) is 27.7 Å². The molecule has 0 fully saturated rings. The Labute approximate surface area is 199 Å². The second kappa shape index (κ2) is 10.4. The van der Waals surface area contributed by atoms with Crippen molar-refractivity contribution in [1.82, 2.24) is 4.90 Å². The highest BCUT2D eigenvalue weighted by Crippen LogP contribution is 2.38. The van der Waals surface area contributed by atoms with Crippen molar-refractivity contribution in [3.8, 4) is 0 Å². The lowest BCUT2D eigenvalue weighted by Gasteiger charge is -2.42. The Balaban J connectivity index is 2.10. The summed E-state index contributed by atoms with van der Waals surface area (Å²) >= 11 is 9.51. The molecule has 0 bridgehead atoms. The van der Waals surface area contributed by atoms with E-state index in [-0.39, 0.29) is 12.3 Å². The highest BCUT2D eigenvalue weighted by atomic mass is 79.9. The fourth-order valence-corrected chi connectivity index (χ4v) is 4.44. The highest BCUT2D eigenvalue weighted by molar-refractivity contribution is 9.10. The monoisotopic (exact) mass is 516 g/mol. The van der Waals surface area contributed by atoms with Gasteiger partial charge in [0.1, 0.15) is 6.29 Å². The van der Waals surface area contributed by atoms with Crippen LogP contribution in [0.5, 0.6) is 0 Å². The Hall–Kier alpha value is -2.58. The predicted octanol–water partition coefficient (Wildman–Crippen LogP) is 5.13. The maximum Gasteiger partial charge on any atom is 0.265 e. The van der Waals surface area contributed by atoms with Gasteiger partial charge in [0.25, 0.3) is 5.70 Å². The molecule has 8 heteroatoms. The first-order chi connectivity index (χ1) is 15.3. The summed E-state index contributed by atoms with van der Waals surface area (Å²) in [7, 11) is 1.85. The van der Waals surface area contributed by atoms with Crippen LogP contribution in [0, 0.1) is 10.1 Å². The van der Waals surface area contributed by atoms with Crippen LogP contribution in [0.3, 0.4) is 0 Å². The number of aliphatic hydroxyl groups is 1. The van der Waals surface area contributed by atoms with Crippen molar-refractivity contribution in [3.05, 3.63) is 114 Å². The quantitative estimate of drug-likeness (QED) is 0.298. The number of allylic oxidation sites excluding steroid dienone is 3. The van der Waals surface area contributed by atoms with Crippen molar-refractivity contribution >= 4 is 33.8 Å². The summed E-state index contributed by atoms with van der Waals surface area (Å²) in [5, 5.41) is 22.4. The number of nitro groups is 1. The fourth-order valence-electron chi connectivity index (χ4n) is 3.93. The molecular formula is C24H22BrClN2O4. The van der Waals surface area contributed by atoms with Gasteiger partial charge in [-0.2, -0.15) is 0 Å². The highest BCUT2D eigenvalue weighted by Gasteiger charge is 2.40. The third-order valence-electron chi connectivity index (χ3n) is 5.59. The normalized spacial score (nSPS) is 15.5. The molecule has 0 radical (unpaired) electrons. The van der Waals surface area contributed by atoms with Crippen molar-refractivity contribution in [2.75, 3.05) is 20.2 Å². The van der Waals surface area contributed by atoms with E-state index in [1.807, 2.05) is 42.3 Å². The van der Waals surface area contributed by atoms with Crippen LogP contribution in [0.15, 0.2) is 82.5 Å². The van der Waals surface area contributed by atoms with Crippen molar-refractivity contribution in [3.63, 3.8) is 0 Å². The summed E-state index contributed by atoms with van der Waals surface area (Å²) in [6.45, 7) is 0.0792. The number of aliphatic hydroxyl groups excluding tert-OH is 1. The van der Waals surface area contributed by atoms with E-state index in [1.54, 1.807) is 30.4 Å². The Kier molecular flexibility index (Phi) is 7.79. The van der Waals surface area contributed by atoms with Gasteiger partial charge in [-0.1, -0.05) is 57.9 Å². The van der Waals surface area contributed by atoms with E-state index in [1.165, 1.54) is 6.08 Å². The van der Waals surface area contributed by atoms with Gasteiger partial charge >= 0.3 is 0 Å². The first kappa shape index (κ1) is 24.1. The molecule has 2 aromatic rings. The van der Waals surface area contributed by atoms with Gasteiger partial charge in [-0.25, -0.2) is 0 Å². The van der Waals surface area contributed by atoms with Gasteiger partial charge in [0.2, 0.25) is 0 Å². The molecular weight excluding hydrogens is 496 g/mol.